The van der Waals surface area contributed by atoms with Crippen molar-refractivity contribution in [2.45, 2.75) is 17.1 Å². The molecule has 88 valence electrons. The lowest BCUT2D eigenvalue weighted by Crippen LogP contribution is -2.00. The molecule has 2 heterocycles. The minimum absolute atomic E-state index is 0.325. The average molecular weight is 248 g/mol. The average Bonchev–Trinajstić information content (AvgIpc) is 2.21. The monoisotopic (exact) mass is 248 g/mol. The second-order valence-electron chi connectivity index (χ2n) is 3.51. The number of rotatable bonds is 2. The zero-order valence-corrected chi connectivity index (χ0v) is 10.0. The van der Waals surface area contributed by atoms with Gasteiger partial charge in [0.15, 0.2) is 5.16 Å². The predicted octanol–water partition coefficient (Wildman–Crippen LogP) is 1.08. The molecule has 0 radical (unpaired) electrons. The van der Waals surface area contributed by atoms with Crippen LogP contribution in [0.2, 0.25) is 0 Å². The zero-order valence-electron chi connectivity index (χ0n) is 9.21. The Labute approximate surface area is 103 Å². The predicted molar refractivity (Wildman–Crippen MR) is 68.4 cm³/mol. The SMILES string of the molecule is Cc1cnc(Sc2nc(N)cc(N)n2)c(N)c1. The second kappa shape index (κ2) is 4.46. The van der Waals surface area contributed by atoms with Gasteiger partial charge in [-0.05, 0) is 30.3 Å². The van der Waals surface area contributed by atoms with Gasteiger partial charge in [-0.15, -0.1) is 0 Å². The van der Waals surface area contributed by atoms with Crippen molar-refractivity contribution in [3.63, 3.8) is 0 Å². The zero-order chi connectivity index (χ0) is 12.4. The molecule has 2 rings (SSSR count). The Bertz CT molecular complexity index is 536. The van der Waals surface area contributed by atoms with Crippen molar-refractivity contribution in [2.24, 2.45) is 0 Å². The first-order chi connectivity index (χ1) is 8.04. The van der Waals surface area contributed by atoms with Gasteiger partial charge in [0.05, 0.1) is 5.69 Å². The fourth-order valence-electron chi connectivity index (χ4n) is 1.26. The number of aromatic nitrogens is 3. The molecule has 0 saturated heterocycles. The molecule has 0 aliphatic carbocycles. The molecule has 0 atom stereocenters. The van der Waals surface area contributed by atoms with Crippen LogP contribution in [-0.2, 0) is 0 Å². The maximum Gasteiger partial charge on any atom is 0.197 e. The van der Waals surface area contributed by atoms with Gasteiger partial charge < -0.3 is 17.2 Å². The Hall–Kier alpha value is -2.02. The maximum atomic E-state index is 5.84. The molecule has 0 amide bonds. The summed E-state index contributed by atoms with van der Waals surface area (Å²) in [6, 6.07) is 3.33. The number of hydrogen-bond acceptors (Lipinski definition) is 7. The van der Waals surface area contributed by atoms with Gasteiger partial charge in [0.25, 0.3) is 0 Å². The molecule has 0 aliphatic heterocycles. The summed E-state index contributed by atoms with van der Waals surface area (Å²) in [5.74, 6) is 0.649. The Kier molecular flexibility index (Phi) is 3.01. The van der Waals surface area contributed by atoms with Crippen LogP contribution in [0.1, 0.15) is 5.56 Å². The molecule has 2 aromatic heterocycles. The van der Waals surface area contributed by atoms with Crippen LogP contribution in [0.4, 0.5) is 17.3 Å². The molecule has 0 aromatic carbocycles. The lowest BCUT2D eigenvalue weighted by molar-refractivity contribution is 0.977. The van der Waals surface area contributed by atoms with Crippen LogP contribution in [0.3, 0.4) is 0 Å². The van der Waals surface area contributed by atoms with Gasteiger partial charge in [-0.1, -0.05) is 0 Å². The van der Waals surface area contributed by atoms with Crippen LogP contribution in [-0.4, -0.2) is 15.0 Å². The molecule has 0 bridgehead atoms. The van der Waals surface area contributed by atoms with Gasteiger partial charge in [0.2, 0.25) is 0 Å². The molecule has 0 saturated carbocycles. The first-order valence-electron chi connectivity index (χ1n) is 4.84. The number of pyridine rings is 1. The van der Waals surface area contributed by atoms with Crippen molar-refractivity contribution in [2.75, 3.05) is 17.2 Å². The quantitative estimate of drug-likeness (QED) is 0.680. The van der Waals surface area contributed by atoms with Gasteiger partial charge in [-0.2, -0.15) is 0 Å². The Balaban J connectivity index is 2.31. The number of anilines is 3. The molecule has 6 nitrogen and oxygen atoms in total. The number of nitrogens with zero attached hydrogens (tertiary/aromatic N) is 3. The molecule has 0 unspecified atom stereocenters. The van der Waals surface area contributed by atoms with E-state index in [4.69, 9.17) is 17.2 Å². The molecule has 0 spiro atoms. The van der Waals surface area contributed by atoms with E-state index in [2.05, 4.69) is 15.0 Å². The van der Waals surface area contributed by atoms with E-state index in [1.807, 2.05) is 13.0 Å². The highest BCUT2D eigenvalue weighted by molar-refractivity contribution is 7.99. The normalized spacial score (nSPS) is 10.4. The summed E-state index contributed by atoms with van der Waals surface area (Å²) in [6.07, 6.45) is 1.73. The summed E-state index contributed by atoms with van der Waals surface area (Å²) < 4.78 is 0. The summed E-state index contributed by atoms with van der Waals surface area (Å²) in [5.41, 5.74) is 18.6. The third kappa shape index (κ3) is 2.76. The van der Waals surface area contributed by atoms with Crippen LogP contribution < -0.4 is 17.2 Å². The maximum absolute atomic E-state index is 5.84. The summed E-state index contributed by atoms with van der Waals surface area (Å²) in [7, 11) is 0. The van der Waals surface area contributed by atoms with Gasteiger partial charge in [-0.3, -0.25) is 0 Å². The van der Waals surface area contributed by atoms with Crippen molar-refractivity contribution in [3.05, 3.63) is 23.9 Å². The van der Waals surface area contributed by atoms with Crippen molar-refractivity contribution >= 4 is 29.1 Å². The van der Waals surface area contributed by atoms with E-state index < -0.39 is 0 Å². The topological polar surface area (TPSA) is 117 Å². The van der Waals surface area contributed by atoms with Crippen molar-refractivity contribution in [1.29, 1.82) is 0 Å². The lowest BCUT2D eigenvalue weighted by atomic mass is 10.3. The Morgan fingerprint density at radius 3 is 2.29 bits per heavy atom. The van der Waals surface area contributed by atoms with Crippen LogP contribution in [0.15, 0.2) is 28.5 Å². The number of aryl methyl sites for hydroxylation is 1. The van der Waals surface area contributed by atoms with Crippen molar-refractivity contribution < 1.29 is 0 Å². The van der Waals surface area contributed by atoms with E-state index >= 15 is 0 Å². The number of nitrogen functional groups attached to an aromatic ring is 3. The fraction of sp³-hybridized carbons (Fsp3) is 0.100. The van der Waals surface area contributed by atoms with E-state index in [9.17, 15) is 0 Å². The van der Waals surface area contributed by atoms with Gasteiger partial charge in [-0.25, -0.2) is 15.0 Å². The van der Waals surface area contributed by atoms with E-state index in [1.165, 1.54) is 17.8 Å². The lowest BCUT2D eigenvalue weighted by Gasteiger charge is -2.05. The minimum atomic E-state index is 0.325. The van der Waals surface area contributed by atoms with Gasteiger partial charge in [0.1, 0.15) is 16.7 Å². The summed E-state index contributed by atoms with van der Waals surface area (Å²) in [6.45, 7) is 1.92. The van der Waals surface area contributed by atoms with Gasteiger partial charge >= 0.3 is 0 Å². The molecule has 0 aliphatic rings. The third-order valence-electron chi connectivity index (χ3n) is 1.95. The van der Waals surface area contributed by atoms with Crippen molar-refractivity contribution in [3.8, 4) is 0 Å². The Morgan fingerprint density at radius 1 is 1.06 bits per heavy atom. The fourth-order valence-corrected chi connectivity index (χ4v) is 2.02. The largest absolute Gasteiger partial charge is 0.397 e. The molecule has 2 aromatic rings. The first kappa shape index (κ1) is 11.5. The third-order valence-corrected chi connectivity index (χ3v) is 2.85. The van der Waals surface area contributed by atoms with Crippen LogP contribution in [0.25, 0.3) is 0 Å². The van der Waals surface area contributed by atoms with E-state index in [1.54, 1.807) is 6.20 Å². The molecule has 17 heavy (non-hydrogen) atoms. The van der Waals surface area contributed by atoms with Gasteiger partial charge in [0, 0.05) is 12.3 Å². The molecule has 7 heteroatoms. The van der Waals surface area contributed by atoms with Crippen LogP contribution in [0, 0.1) is 6.92 Å². The summed E-state index contributed by atoms with van der Waals surface area (Å²) >= 11 is 1.23. The smallest absolute Gasteiger partial charge is 0.197 e. The molecule has 0 fully saturated rings. The standard InChI is InChI=1S/C10H12N6S/c1-5-2-6(11)9(14-4-5)17-10-15-7(12)3-8(13)16-10/h2-4H,11H2,1H3,(H4,12,13,15,16). The van der Waals surface area contributed by atoms with Crippen LogP contribution >= 0.6 is 11.8 Å². The molecular weight excluding hydrogens is 236 g/mol. The number of nitrogens with two attached hydrogens (primary N) is 3. The minimum Gasteiger partial charge on any atom is -0.397 e. The highest BCUT2D eigenvalue weighted by Gasteiger charge is 2.07. The van der Waals surface area contributed by atoms with Crippen LogP contribution in [0.5, 0.6) is 0 Å². The first-order valence-corrected chi connectivity index (χ1v) is 5.66. The summed E-state index contributed by atoms with van der Waals surface area (Å²) in [4.78, 5) is 12.3. The second-order valence-corrected chi connectivity index (χ2v) is 4.47. The summed E-state index contributed by atoms with van der Waals surface area (Å²) in [5, 5.41) is 1.08. The highest BCUT2D eigenvalue weighted by Crippen LogP contribution is 2.28. The van der Waals surface area contributed by atoms with Crippen molar-refractivity contribution in [1.82, 2.24) is 15.0 Å². The van der Waals surface area contributed by atoms with E-state index in [0.29, 0.717) is 27.5 Å². The highest BCUT2D eigenvalue weighted by atomic mass is 32.2. The van der Waals surface area contributed by atoms with E-state index in [-0.39, 0.29) is 0 Å². The van der Waals surface area contributed by atoms with E-state index in [0.717, 1.165) is 5.56 Å². The number of hydrogen-bond donors (Lipinski definition) is 3. The Morgan fingerprint density at radius 2 is 1.71 bits per heavy atom. The molecule has 6 N–H and O–H groups in total. The molecular formula is C10H12N6S.